The van der Waals surface area contributed by atoms with Gasteiger partial charge in [-0.25, -0.2) is 0 Å². The third kappa shape index (κ3) is 3.17. The van der Waals surface area contributed by atoms with E-state index in [1.807, 2.05) is 42.5 Å². The van der Waals surface area contributed by atoms with Crippen molar-refractivity contribution in [3.8, 4) is 0 Å². The van der Waals surface area contributed by atoms with Crippen LogP contribution in [0.25, 0.3) is 10.8 Å². The quantitative estimate of drug-likeness (QED) is 0.438. The van der Waals surface area contributed by atoms with Gasteiger partial charge in [-0.1, -0.05) is 36.4 Å². The maximum absolute atomic E-state index is 12.2. The Hall–Kier alpha value is -3.41. The molecule has 3 rings (SSSR count). The molecule has 0 spiro atoms. The van der Waals surface area contributed by atoms with Crippen LogP contribution in [0.1, 0.15) is 15.9 Å². The molecule has 0 radical (unpaired) electrons. The van der Waals surface area contributed by atoms with Crippen molar-refractivity contribution in [1.29, 1.82) is 0 Å². The van der Waals surface area contributed by atoms with Gasteiger partial charge in [0.1, 0.15) is 5.69 Å². The molecule has 0 atom stereocenters. The van der Waals surface area contributed by atoms with Crippen molar-refractivity contribution in [2.75, 3.05) is 5.73 Å². The number of hydrogen-bond donors (Lipinski definition) is 2. The van der Waals surface area contributed by atoms with Gasteiger partial charge in [-0.3, -0.25) is 14.9 Å². The highest BCUT2D eigenvalue weighted by Crippen LogP contribution is 2.22. The average Bonchev–Trinajstić information content (AvgIpc) is 2.59. The van der Waals surface area contributed by atoms with Gasteiger partial charge in [0.15, 0.2) is 0 Å². The van der Waals surface area contributed by atoms with Gasteiger partial charge in [-0.2, -0.15) is 0 Å². The minimum absolute atomic E-state index is 0.0334. The standard InChI is InChI=1S/C18H15N3O3/c19-16-8-7-15(10-17(16)21(23)24)18(22)20-11-12-5-6-13-3-1-2-4-14(13)9-12/h1-10H,11,19H2,(H,20,22). The van der Waals surface area contributed by atoms with Crippen LogP contribution in [0.15, 0.2) is 60.7 Å². The SMILES string of the molecule is Nc1ccc(C(=O)NCc2ccc3ccccc3c2)cc1[N+](=O)[O-]. The van der Waals surface area contributed by atoms with E-state index in [0.29, 0.717) is 6.54 Å². The molecule has 0 aliphatic heterocycles. The zero-order valence-electron chi connectivity index (χ0n) is 12.7. The minimum atomic E-state index is -0.602. The van der Waals surface area contributed by atoms with E-state index in [0.717, 1.165) is 16.3 Å². The summed E-state index contributed by atoms with van der Waals surface area (Å²) in [5.74, 6) is -0.383. The van der Waals surface area contributed by atoms with Gasteiger partial charge in [0.25, 0.3) is 11.6 Å². The number of rotatable bonds is 4. The Labute approximate surface area is 138 Å². The summed E-state index contributed by atoms with van der Waals surface area (Å²) in [6.07, 6.45) is 0. The smallest absolute Gasteiger partial charge is 0.292 e. The molecule has 1 amide bonds. The third-order valence-electron chi connectivity index (χ3n) is 3.76. The number of carbonyl (C=O) groups is 1. The van der Waals surface area contributed by atoms with Crippen LogP contribution in [0.2, 0.25) is 0 Å². The normalized spacial score (nSPS) is 10.5. The number of nitro groups is 1. The molecule has 0 aromatic heterocycles. The van der Waals surface area contributed by atoms with Crippen LogP contribution in [0.3, 0.4) is 0 Å². The molecule has 0 aliphatic carbocycles. The number of hydrogen-bond acceptors (Lipinski definition) is 4. The monoisotopic (exact) mass is 321 g/mol. The van der Waals surface area contributed by atoms with E-state index in [2.05, 4.69) is 5.32 Å². The summed E-state index contributed by atoms with van der Waals surface area (Å²) < 4.78 is 0. The Morgan fingerprint density at radius 2 is 1.79 bits per heavy atom. The second-order valence-electron chi connectivity index (χ2n) is 5.39. The van der Waals surface area contributed by atoms with Crippen LogP contribution in [-0.4, -0.2) is 10.8 Å². The van der Waals surface area contributed by atoms with Gasteiger partial charge in [0, 0.05) is 18.2 Å². The van der Waals surface area contributed by atoms with E-state index in [1.54, 1.807) is 0 Å². The van der Waals surface area contributed by atoms with E-state index in [1.165, 1.54) is 18.2 Å². The number of nitrogens with one attached hydrogen (secondary N) is 1. The number of nitro benzene ring substituents is 1. The molecule has 0 saturated heterocycles. The molecular formula is C18H15N3O3. The number of nitrogens with zero attached hydrogens (tertiary/aromatic N) is 1. The summed E-state index contributed by atoms with van der Waals surface area (Å²) in [7, 11) is 0. The fourth-order valence-electron chi connectivity index (χ4n) is 2.48. The van der Waals surface area contributed by atoms with Crippen molar-refractivity contribution >= 4 is 28.1 Å². The van der Waals surface area contributed by atoms with Gasteiger partial charge in [-0.05, 0) is 34.5 Å². The van der Waals surface area contributed by atoms with Gasteiger partial charge in [-0.15, -0.1) is 0 Å². The maximum atomic E-state index is 12.2. The summed E-state index contributed by atoms with van der Waals surface area (Å²) in [5, 5.41) is 15.9. The Morgan fingerprint density at radius 1 is 1.04 bits per heavy atom. The van der Waals surface area contributed by atoms with Crippen molar-refractivity contribution in [3.05, 3.63) is 81.9 Å². The van der Waals surface area contributed by atoms with Crippen LogP contribution in [0.5, 0.6) is 0 Å². The molecule has 0 heterocycles. The van der Waals surface area contributed by atoms with Gasteiger partial charge in [0.2, 0.25) is 0 Å². The highest BCUT2D eigenvalue weighted by atomic mass is 16.6. The minimum Gasteiger partial charge on any atom is -0.393 e. The molecule has 0 bridgehead atoms. The molecule has 6 nitrogen and oxygen atoms in total. The van der Waals surface area contributed by atoms with Crippen molar-refractivity contribution in [1.82, 2.24) is 5.32 Å². The summed E-state index contributed by atoms with van der Waals surface area (Å²) in [6, 6.07) is 17.9. The molecule has 3 aromatic rings. The second kappa shape index (κ2) is 6.37. The average molecular weight is 321 g/mol. The third-order valence-corrected chi connectivity index (χ3v) is 3.76. The fraction of sp³-hybridized carbons (Fsp3) is 0.0556. The molecule has 3 aromatic carbocycles. The Bertz CT molecular complexity index is 938. The first kappa shape index (κ1) is 15.5. The summed E-state index contributed by atoms with van der Waals surface area (Å²) in [6.45, 7) is 0.335. The van der Waals surface area contributed by atoms with E-state index >= 15 is 0 Å². The van der Waals surface area contributed by atoms with Crippen LogP contribution < -0.4 is 11.1 Å². The van der Waals surface area contributed by atoms with Crippen LogP contribution >= 0.6 is 0 Å². The summed E-state index contributed by atoms with van der Waals surface area (Å²) >= 11 is 0. The van der Waals surface area contributed by atoms with Gasteiger partial charge in [0.05, 0.1) is 4.92 Å². The molecule has 0 fully saturated rings. The Kier molecular flexibility index (Phi) is 4.11. The van der Waals surface area contributed by atoms with Crippen molar-refractivity contribution in [2.45, 2.75) is 6.54 Å². The Morgan fingerprint density at radius 3 is 2.54 bits per heavy atom. The lowest BCUT2D eigenvalue weighted by molar-refractivity contribution is -0.383. The van der Waals surface area contributed by atoms with Crippen molar-refractivity contribution < 1.29 is 9.72 Å². The fourth-order valence-corrected chi connectivity index (χ4v) is 2.48. The highest BCUT2D eigenvalue weighted by molar-refractivity contribution is 5.95. The molecule has 120 valence electrons. The van der Waals surface area contributed by atoms with Gasteiger partial charge < -0.3 is 11.1 Å². The van der Waals surface area contributed by atoms with E-state index in [-0.39, 0.29) is 22.8 Å². The Balaban J connectivity index is 1.75. The number of fused-ring (bicyclic) bond motifs is 1. The molecule has 24 heavy (non-hydrogen) atoms. The molecule has 0 aliphatic rings. The lowest BCUT2D eigenvalue weighted by Crippen LogP contribution is -2.22. The summed E-state index contributed by atoms with van der Waals surface area (Å²) in [5.41, 5.74) is 6.45. The lowest BCUT2D eigenvalue weighted by atomic mass is 10.1. The topological polar surface area (TPSA) is 98.3 Å². The van der Waals surface area contributed by atoms with Crippen LogP contribution in [-0.2, 0) is 6.54 Å². The molecule has 0 saturated carbocycles. The molecule has 6 heteroatoms. The number of anilines is 1. The van der Waals surface area contributed by atoms with Crippen LogP contribution in [0.4, 0.5) is 11.4 Å². The largest absolute Gasteiger partial charge is 0.393 e. The van der Waals surface area contributed by atoms with E-state index in [4.69, 9.17) is 5.73 Å². The number of amides is 1. The van der Waals surface area contributed by atoms with Gasteiger partial charge >= 0.3 is 0 Å². The first-order valence-electron chi connectivity index (χ1n) is 7.34. The predicted molar refractivity (Wildman–Crippen MR) is 92.6 cm³/mol. The van der Waals surface area contributed by atoms with Crippen LogP contribution in [0, 0.1) is 10.1 Å². The second-order valence-corrected chi connectivity index (χ2v) is 5.39. The summed E-state index contributed by atoms with van der Waals surface area (Å²) in [4.78, 5) is 22.5. The molecule has 3 N–H and O–H groups in total. The van der Waals surface area contributed by atoms with Crippen molar-refractivity contribution in [2.24, 2.45) is 0 Å². The van der Waals surface area contributed by atoms with E-state index < -0.39 is 4.92 Å². The number of nitrogens with two attached hydrogens (primary N) is 1. The van der Waals surface area contributed by atoms with E-state index in [9.17, 15) is 14.9 Å². The van der Waals surface area contributed by atoms with Crippen molar-refractivity contribution in [3.63, 3.8) is 0 Å². The predicted octanol–water partition coefficient (Wildman–Crippen LogP) is 3.26. The number of benzene rings is 3. The zero-order chi connectivity index (χ0) is 17.1. The zero-order valence-corrected chi connectivity index (χ0v) is 12.7. The first-order valence-corrected chi connectivity index (χ1v) is 7.34. The molecular weight excluding hydrogens is 306 g/mol. The lowest BCUT2D eigenvalue weighted by Gasteiger charge is -2.07. The number of carbonyl (C=O) groups excluding carboxylic acids is 1. The highest BCUT2D eigenvalue weighted by Gasteiger charge is 2.15. The maximum Gasteiger partial charge on any atom is 0.292 e. The first-order chi connectivity index (χ1) is 11.5. The number of nitrogen functional groups attached to an aromatic ring is 1. The molecule has 0 unspecified atom stereocenters.